The van der Waals surface area contributed by atoms with Crippen molar-refractivity contribution in [3.63, 3.8) is 0 Å². The van der Waals surface area contributed by atoms with Crippen molar-refractivity contribution in [2.75, 3.05) is 25.0 Å². The van der Waals surface area contributed by atoms with E-state index >= 15 is 0 Å². The van der Waals surface area contributed by atoms with Gasteiger partial charge in [-0.2, -0.15) is 4.31 Å². The standard InChI is InChI=1S/C20H25N5O2S/c1-24-18-8-3-2-7-17(18)23-20(24)9-6-12-21-19-11-10-16(15-22-19)28(26,27)25-13-4-5-14-25/h2-3,7-8,10-11,15H,4-6,9,12-14H2,1H3,(H,21,22). The predicted molar refractivity (Wildman–Crippen MR) is 110 cm³/mol. The number of nitrogens with zero attached hydrogens (tertiary/aromatic N) is 4. The molecule has 1 saturated heterocycles. The first-order valence-electron chi connectivity index (χ1n) is 9.66. The molecule has 0 saturated carbocycles. The van der Waals surface area contributed by atoms with Gasteiger partial charge in [0.2, 0.25) is 10.0 Å². The number of anilines is 1. The van der Waals surface area contributed by atoms with Crippen molar-refractivity contribution in [3.05, 3.63) is 48.4 Å². The number of hydrogen-bond donors (Lipinski definition) is 1. The van der Waals surface area contributed by atoms with Crippen molar-refractivity contribution in [1.29, 1.82) is 0 Å². The molecule has 0 spiro atoms. The van der Waals surface area contributed by atoms with Gasteiger partial charge in [0.1, 0.15) is 16.5 Å². The minimum Gasteiger partial charge on any atom is -0.370 e. The van der Waals surface area contributed by atoms with Crippen LogP contribution in [-0.4, -0.2) is 46.9 Å². The Balaban J connectivity index is 1.32. The lowest BCUT2D eigenvalue weighted by Gasteiger charge is -2.15. The maximum absolute atomic E-state index is 12.5. The van der Waals surface area contributed by atoms with E-state index in [1.54, 1.807) is 12.1 Å². The number of sulfonamides is 1. The van der Waals surface area contributed by atoms with E-state index in [0.29, 0.717) is 18.9 Å². The number of rotatable bonds is 7. The van der Waals surface area contributed by atoms with E-state index in [0.717, 1.165) is 49.1 Å². The smallest absolute Gasteiger partial charge is 0.244 e. The minimum atomic E-state index is -3.40. The van der Waals surface area contributed by atoms with Crippen LogP contribution in [0.15, 0.2) is 47.5 Å². The third-order valence-corrected chi connectivity index (χ3v) is 7.08. The molecule has 7 nitrogen and oxygen atoms in total. The zero-order chi connectivity index (χ0) is 19.6. The maximum atomic E-state index is 12.5. The highest BCUT2D eigenvalue weighted by Gasteiger charge is 2.27. The lowest BCUT2D eigenvalue weighted by atomic mass is 10.3. The second-order valence-electron chi connectivity index (χ2n) is 7.10. The van der Waals surface area contributed by atoms with Crippen molar-refractivity contribution in [1.82, 2.24) is 18.8 Å². The normalized spacial score (nSPS) is 15.3. The second-order valence-corrected chi connectivity index (χ2v) is 9.03. The molecule has 1 fully saturated rings. The molecular formula is C20H25N5O2S. The molecule has 1 aliphatic rings. The van der Waals surface area contributed by atoms with Crippen molar-refractivity contribution in [2.24, 2.45) is 7.05 Å². The Hall–Kier alpha value is -2.45. The quantitative estimate of drug-likeness (QED) is 0.618. The van der Waals surface area contributed by atoms with Gasteiger partial charge >= 0.3 is 0 Å². The fourth-order valence-electron chi connectivity index (χ4n) is 3.60. The maximum Gasteiger partial charge on any atom is 0.244 e. The van der Waals surface area contributed by atoms with Gasteiger partial charge in [0.15, 0.2) is 0 Å². The van der Waals surface area contributed by atoms with Gasteiger partial charge in [0, 0.05) is 39.3 Å². The summed E-state index contributed by atoms with van der Waals surface area (Å²) in [6.07, 6.45) is 5.07. The molecule has 0 radical (unpaired) electrons. The van der Waals surface area contributed by atoms with Gasteiger partial charge in [0.25, 0.3) is 0 Å². The minimum absolute atomic E-state index is 0.264. The summed E-state index contributed by atoms with van der Waals surface area (Å²) in [6, 6.07) is 11.5. The molecule has 3 heterocycles. The number of imidazole rings is 1. The van der Waals surface area contributed by atoms with Crippen molar-refractivity contribution in [3.8, 4) is 0 Å². The molecule has 0 amide bonds. The fraction of sp³-hybridized carbons (Fsp3) is 0.400. The van der Waals surface area contributed by atoms with Gasteiger partial charge in [-0.05, 0) is 43.5 Å². The molecule has 0 unspecified atom stereocenters. The number of pyridine rings is 1. The number of hydrogen-bond acceptors (Lipinski definition) is 5. The molecule has 8 heteroatoms. The van der Waals surface area contributed by atoms with E-state index < -0.39 is 10.0 Å². The van der Waals surface area contributed by atoms with E-state index in [4.69, 9.17) is 0 Å². The first-order valence-corrected chi connectivity index (χ1v) is 11.1. The number of nitrogens with one attached hydrogen (secondary N) is 1. The van der Waals surface area contributed by atoms with Crippen LogP contribution >= 0.6 is 0 Å². The molecule has 4 rings (SSSR count). The summed E-state index contributed by atoms with van der Waals surface area (Å²) in [5.74, 6) is 1.74. The molecule has 0 bridgehead atoms. The molecule has 1 N–H and O–H groups in total. The monoisotopic (exact) mass is 399 g/mol. The van der Waals surface area contributed by atoms with E-state index in [9.17, 15) is 8.42 Å². The number of aryl methyl sites for hydroxylation is 2. The lowest BCUT2D eigenvalue weighted by molar-refractivity contribution is 0.477. The summed E-state index contributed by atoms with van der Waals surface area (Å²) >= 11 is 0. The van der Waals surface area contributed by atoms with E-state index in [1.165, 1.54) is 10.5 Å². The van der Waals surface area contributed by atoms with E-state index in [-0.39, 0.29) is 4.90 Å². The van der Waals surface area contributed by atoms with Crippen LogP contribution in [0.25, 0.3) is 11.0 Å². The summed E-state index contributed by atoms with van der Waals surface area (Å²) in [7, 11) is -1.36. The van der Waals surface area contributed by atoms with Crippen LogP contribution in [0, 0.1) is 0 Å². The average molecular weight is 400 g/mol. The molecule has 28 heavy (non-hydrogen) atoms. The van der Waals surface area contributed by atoms with Gasteiger partial charge in [-0.3, -0.25) is 0 Å². The van der Waals surface area contributed by atoms with Crippen LogP contribution in [0.4, 0.5) is 5.82 Å². The van der Waals surface area contributed by atoms with Gasteiger partial charge in [-0.15, -0.1) is 0 Å². The van der Waals surface area contributed by atoms with Crippen LogP contribution < -0.4 is 5.32 Å². The number of aromatic nitrogens is 3. The molecular weight excluding hydrogens is 374 g/mol. The number of benzene rings is 1. The zero-order valence-electron chi connectivity index (χ0n) is 16.0. The average Bonchev–Trinajstić information content (AvgIpc) is 3.35. The lowest BCUT2D eigenvalue weighted by Crippen LogP contribution is -2.27. The van der Waals surface area contributed by atoms with Gasteiger partial charge in [0.05, 0.1) is 11.0 Å². The Morgan fingerprint density at radius 2 is 1.89 bits per heavy atom. The van der Waals surface area contributed by atoms with Gasteiger partial charge in [-0.1, -0.05) is 12.1 Å². The predicted octanol–water partition coefficient (Wildman–Crippen LogP) is 2.80. The molecule has 1 aliphatic heterocycles. The fourth-order valence-corrected chi connectivity index (χ4v) is 5.06. The van der Waals surface area contributed by atoms with Crippen LogP contribution in [0.2, 0.25) is 0 Å². The SMILES string of the molecule is Cn1c(CCCNc2ccc(S(=O)(=O)N3CCCC3)cn2)nc2ccccc21. The molecule has 0 aliphatic carbocycles. The van der Waals surface area contributed by atoms with Crippen molar-refractivity contribution >= 4 is 26.9 Å². The molecule has 1 aromatic carbocycles. The third kappa shape index (κ3) is 3.74. The van der Waals surface area contributed by atoms with Crippen molar-refractivity contribution < 1.29 is 8.42 Å². The molecule has 3 aromatic rings. The summed E-state index contributed by atoms with van der Waals surface area (Å²) < 4.78 is 28.7. The van der Waals surface area contributed by atoms with Crippen LogP contribution in [0.5, 0.6) is 0 Å². The highest BCUT2D eigenvalue weighted by Crippen LogP contribution is 2.21. The summed E-state index contributed by atoms with van der Waals surface area (Å²) in [5.41, 5.74) is 2.16. The number of para-hydroxylation sites is 2. The third-order valence-electron chi connectivity index (χ3n) is 5.20. The molecule has 0 atom stereocenters. The molecule has 148 valence electrons. The Morgan fingerprint density at radius 3 is 2.61 bits per heavy atom. The Morgan fingerprint density at radius 1 is 1.11 bits per heavy atom. The van der Waals surface area contributed by atoms with Crippen LogP contribution in [0.3, 0.4) is 0 Å². The first kappa shape index (κ1) is 18.9. The summed E-state index contributed by atoms with van der Waals surface area (Å²) in [4.78, 5) is 9.22. The second kappa shape index (κ2) is 7.89. The largest absolute Gasteiger partial charge is 0.370 e. The topological polar surface area (TPSA) is 80.1 Å². The highest BCUT2D eigenvalue weighted by atomic mass is 32.2. The Kier molecular flexibility index (Phi) is 5.32. The van der Waals surface area contributed by atoms with Crippen molar-refractivity contribution in [2.45, 2.75) is 30.6 Å². The molecule has 2 aromatic heterocycles. The highest BCUT2D eigenvalue weighted by molar-refractivity contribution is 7.89. The van der Waals surface area contributed by atoms with Gasteiger partial charge in [-0.25, -0.2) is 18.4 Å². The van der Waals surface area contributed by atoms with Gasteiger partial charge < -0.3 is 9.88 Å². The first-order chi connectivity index (χ1) is 13.6. The van der Waals surface area contributed by atoms with E-state index in [1.807, 2.05) is 25.2 Å². The van der Waals surface area contributed by atoms with Crippen LogP contribution in [0.1, 0.15) is 25.1 Å². The number of fused-ring (bicyclic) bond motifs is 1. The Bertz CT molecular complexity index is 1050. The zero-order valence-corrected chi connectivity index (χ0v) is 16.8. The summed E-state index contributed by atoms with van der Waals surface area (Å²) in [6.45, 7) is 1.95. The van der Waals surface area contributed by atoms with Crippen LogP contribution in [-0.2, 0) is 23.5 Å². The summed E-state index contributed by atoms with van der Waals surface area (Å²) in [5, 5.41) is 3.26. The Labute approximate surface area is 165 Å². The van der Waals surface area contributed by atoms with E-state index in [2.05, 4.69) is 25.9 Å².